The van der Waals surface area contributed by atoms with E-state index in [1.54, 1.807) is 0 Å². The fraction of sp³-hybridized carbons (Fsp3) is 0.556. The lowest BCUT2D eigenvalue weighted by Gasteiger charge is -2.06. The van der Waals surface area contributed by atoms with Crippen molar-refractivity contribution >= 4 is 0 Å². The van der Waals surface area contributed by atoms with Crippen LogP contribution in [0.5, 0.6) is 0 Å². The van der Waals surface area contributed by atoms with Gasteiger partial charge in [0.05, 0.1) is 0 Å². The minimum Gasteiger partial charge on any atom is -0.0988 e. The molecule has 0 aromatic carbocycles. The molecule has 1 saturated carbocycles. The number of rotatable bonds is 1. The van der Waals surface area contributed by atoms with Crippen LogP contribution < -0.4 is 0 Å². The average Bonchev–Trinajstić information content (AvgIpc) is 2.64. The largest absolute Gasteiger partial charge is 0.0988 e. The average molecular weight is 120 g/mol. The van der Waals surface area contributed by atoms with E-state index in [2.05, 4.69) is 12.7 Å². The molecule has 0 N–H and O–H groups in total. The van der Waals surface area contributed by atoms with Crippen LogP contribution in [0.1, 0.15) is 19.3 Å². The van der Waals surface area contributed by atoms with Crippen molar-refractivity contribution in [1.82, 2.24) is 0 Å². The summed E-state index contributed by atoms with van der Waals surface area (Å²) in [6.07, 6.45) is 8.57. The van der Waals surface area contributed by atoms with Crippen LogP contribution in [0.3, 0.4) is 0 Å². The number of hydrogen-bond donors (Lipinski definition) is 0. The van der Waals surface area contributed by atoms with Crippen LogP contribution >= 0.6 is 0 Å². The number of allylic oxidation sites excluding steroid dienone is 3. The minimum atomic E-state index is 0.951. The summed E-state index contributed by atoms with van der Waals surface area (Å²) in [6.45, 7) is 3.77. The summed E-state index contributed by atoms with van der Waals surface area (Å²) in [5, 5.41) is 0. The molecular formula is C9H12. The quantitative estimate of drug-likeness (QED) is 0.499. The highest BCUT2D eigenvalue weighted by Crippen LogP contribution is 2.47. The molecule has 0 amide bonds. The molecule has 0 heterocycles. The summed E-state index contributed by atoms with van der Waals surface area (Å²) >= 11 is 0. The Labute approximate surface area is 56.3 Å². The van der Waals surface area contributed by atoms with E-state index in [-0.39, 0.29) is 0 Å². The fourth-order valence-electron chi connectivity index (χ4n) is 1.69. The predicted octanol–water partition coefficient (Wildman–Crippen LogP) is 2.53. The van der Waals surface area contributed by atoms with Gasteiger partial charge in [-0.25, -0.2) is 0 Å². The molecular weight excluding hydrogens is 108 g/mol. The van der Waals surface area contributed by atoms with E-state index in [0.717, 1.165) is 11.8 Å². The molecule has 2 rings (SSSR count). The molecule has 2 atom stereocenters. The molecule has 2 aliphatic carbocycles. The second kappa shape index (κ2) is 1.73. The molecule has 0 aromatic rings. The van der Waals surface area contributed by atoms with Crippen LogP contribution in [0.25, 0.3) is 0 Å². The summed E-state index contributed by atoms with van der Waals surface area (Å²) < 4.78 is 0. The Hall–Kier alpha value is -0.520. The molecule has 0 nitrogen and oxygen atoms in total. The normalized spacial score (nSPS) is 38.9. The van der Waals surface area contributed by atoms with Gasteiger partial charge in [0.2, 0.25) is 0 Å². The van der Waals surface area contributed by atoms with Crippen LogP contribution in [0, 0.1) is 11.8 Å². The highest BCUT2D eigenvalue weighted by molar-refractivity contribution is 5.24. The van der Waals surface area contributed by atoms with Crippen molar-refractivity contribution in [3.05, 3.63) is 24.3 Å². The first-order valence-corrected chi connectivity index (χ1v) is 3.73. The molecule has 0 radical (unpaired) electrons. The Morgan fingerprint density at radius 3 is 3.22 bits per heavy atom. The lowest BCUT2D eigenvalue weighted by Crippen LogP contribution is -1.91. The van der Waals surface area contributed by atoms with Crippen LogP contribution in [0.4, 0.5) is 0 Å². The van der Waals surface area contributed by atoms with Crippen molar-refractivity contribution in [1.29, 1.82) is 0 Å². The third-order valence-electron chi connectivity index (χ3n) is 2.47. The molecule has 0 aromatic heterocycles. The van der Waals surface area contributed by atoms with Crippen molar-refractivity contribution in [2.45, 2.75) is 19.3 Å². The van der Waals surface area contributed by atoms with Gasteiger partial charge in [0.25, 0.3) is 0 Å². The summed E-state index contributed by atoms with van der Waals surface area (Å²) in [7, 11) is 0. The van der Waals surface area contributed by atoms with Gasteiger partial charge in [0.1, 0.15) is 0 Å². The second-order valence-corrected chi connectivity index (χ2v) is 3.14. The molecule has 48 valence electrons. The second-order valence-electron chi connectivity index (χ2n) is 3.14. The van der Waals surface area contributed by atoms with Crippen molar-refractivity contribution in [3.63, 3.8) is 0 Å². The van der Waals surface area contributed by atoms with Crippen molar-refractivity contribution in [2.24, 2.45) is 11.8 Å². The lowest BCUT2D eigenvalue weighted by atomic mass is 10.0. The third kappa shape index (κ3) is 0.827. The Morgan fingerprint density at radius 1 is 1.67 bits per heavy atom. The molecule has 0 saturated heterocycles. The van der Waals surface area contributed by atoms with Gasteiger partial charge >= 0.3 is 0 Å². The molecule has 0 bridgehead atoms. The van der Waals surface area contributed by atoms with Crippen LogP contribution in [0.15, 0.2) is 24.3 Å². The van der Waals surface area contributed by atoms with Gasteiger partial charge in [0, 0.05) is 0 Å². The van der Waals surface area contributed by atoms with Crippen molar-refractivity contribution in [2.75, 3.05) is 0 Å². The third-order valence-corrected chi connectivity index (χ3v) is 2.47. The number of hydrogen-bond acceptors (Lipinski definition) is 0. The topological polar surface area (TPSA) is 0 Å². The monoisotopic (exact) mass is 120 g/mol. The maximum Gasteiger partial charge on any atom is -0.0196 e. The highest BCUT2D eigenvalue weighted by atomic mass is 14.4. The van der Waals surface area contributed by atoms with Gasteiger partial charge in [0.15, 0.2) is 0 Å². The summed E-state index contributed by atoms with van der Waals surface area (Å²) in [5.74, 6) is 2.01. The zero-order valence-electron chi connectivity index (χ0n) is 5.64. The summed E-state index contributed by atoms with van der Waals surface area (Å²) in [4.78, 5) is 0. The zero-order valence-corrected chi connectivity index (χ0v) is 5.64. The molecule has 2 aliphatic rings. The zero-order chi connectivity index (χ0) is 6.27. The maximum absolute atomic E-state index is 3.77. The fourth-order valence-corrected chi connectivity index (χ4v) is 1.69. The van der Waals surface area contributed by atoms with Crippen molar-refractivity contribution < 1.29 is 0 Å². The van der Waals surface area contributed by atoms with Gasteiger partial charge in [-0.2, -0.15) is 0 Å². The lowest BCUT2D eigenvalue weighted by molar-refractivity contribution is 0.667. The van der Waals surface area contributed by atoms with E-state index in [9.17, 15) is 0 Å². The van der Waals surface area contributed by atoms with Crippen molar-refractivity contribution in [3.8, 4) is 0 Å². The van der Waals surface area contributed by atoms with Gasteiger partial charge in [-0.1, -0.05) is 24.3 Å². The van der Waals surface area contributed by atoms with Crippen LogP contribution in [-0.4, -0.2) is 0 Å². The number of fused-ring (bicyclic) bond motifs is 1. The van der Waals surface area contributed by atoms with E-state index in [1.165, 1.54) is 24.8 Å². The van der Waals surface area contributed by atoms with Crippen LogP contribution in [-0.2, 0) is 0 Å². The SMILES string of the molecule is C=CC1=CC2CC2CC1. The molecule has 0 spiro atoms. The molecule has 0 aliphatic heterocycles. The minimum absolute atomic E-state index is 0.951. The Kier molecular flexibility index (Phi) is 1.01. The Morgan fingerprint density at radius 2 is 2.56 bits per heavy atom. The summed E-state index contributed by atoms with van der Waals surface area (Å²) in [5.41, 5.74) is 1.48. The molecule has 1 fully saturated rings. The molecule has 0 heteroatoms. The Balaban J connectivity index is 2.14. The first-order valence-electron chi connectivity index (χ1n) is 3.73. The van der Waals surface area contributed by atoms with E-state index in [0.29, 0.717) is 0 Å². The molecule has 9 heavy (non-hydrogen) atoms. The Bertz CT molecular complexity index is 165. The first kappa shape index (κ1) is 5.28. The van der Waals surface area contributed by atoms with Gasteiger partial charge in [-0.05, 0) is 31.1 Å². The molecule has 2 unspecified atom stereocenters. The van der Waals surface area contributed by atoms with Gasteiger partial charge < -0.3 is 0 Å². The van der Waals surface area contributed by atoms with E-state index < -0.39 is 0 Å². The highest BCUT2D eigenvalue weighted by Gasteiger charge is 2.36. The van der Waals surface area contributed by atoms with E-state index in [1.807, 2.05) is 6.08 Å². The summed E-state index contributed by atoms with van der Waals surface area (Å²) in [6, 6.07) is 0. The maximum atomic E-state index is 3.77. The van der Waals surface area contributed by atoms with Gasteiger partial charge in [-0.15, -0.1) is 0 Å². The van der Waals surface area contributed by atoms with E-state index >= 15 is 0 Å². The first-order chi connectivity index (χ1) is 4.40. The van der Waals surface area contributed by atoms with Crippen LogP contribution in [0.2, 0.25) is 0 Å². The van der Waals surface area contributed by atoms with E-state index in [4.69, 9.17) is 0 Å². The smallest absolute Gasteiger partial charge is 0.0196 e. The predicted molar refractivity (Wildman–Crippen MR) is 39.1 cm³/mol. The standard InChI is InChI=1S/C9H12/c1-2-7-3-4-8-6-9(8)5-7/h2,5,8-9H,1,3-4,6H2. The van der Waals surface area contributed by atoms with Gasteiger partial charge in [-0.3, -0.25) is 0 Å².